The van der Waals surface area contributed by atoms with Crippen molar-refractivity contribution in [2.45, 2.75) is 44.4 Å². The highest BCUT2D eigenvalue weighted by atomic mass is 32.2. The van der Waals surface area contributed by atoms with Crippen LogP contribution in [0.4, 0.5) is 5.13 Å². The number of anilines is 1. The van der Waals surface area contributed by atoms with Gasteiger partial charge in [0.1, 0.15) is 0 Å². The van der Waals surface area contributed by atoms with E-state index in [1.807, 2.05) is 19.1 Å². The van der Waals surface area contributed by atoms with E-state index in [1.54, 1.807) is 11.8 Å². The minimum Gasteiger partial charge on any atom is -0.300 e. The number of carbonyl (C=O) groups is 1. The Labute approximate surface area is 146 Å². The molecule has 124 valence electrons. The Morgan fingerprint density at radius 3 is 2.52 bits per heavy atom. The van der Waals surface area contributed by atoms with Crippen LogP contribution in [0.2, 0.25) is 0 Å². The van der Waals surface area contributed by atoms with E-state index in [4.69, 9.17) is 0 Å². The first kappa shape index (κ1) is 17.9. The van der Waals surface area contributed by atoms with Crippen LogP contribution in [-0.4, -0.2) is 21.9 Å². The normalized spacial score (nSPS) is 12.4. The summed E-state index contributed by atoms with van der Waals surface area (Å²) in [5.74, 6) is 1.32. The molecule has 0 aliphatic rings. The Hall–Kier alpha value is -1.40. The molecule has 1 amide bonds. The number of rotatable bonds is 7. The van der Waals surface area contributed by atoms with E-state index in [0.29, 0.717) is 11.0 Å². The average Bonchev–Trinajstić information content (AvgIpc) is 2.94. The highest BCUT2D eigenvalue weighted by Gasteiger charge is 2.17. The third kappa shape index (κ3) is 5.32. The van der Waals surface area contributed by atoms with E-state index < -0.39 is 0 Å². The first-order chi connectivity index (χ1) is 11.0. The van der Waals surface area contributed by atoms with Crippen molar-refractivity contribution in [3.05, 3.63) is 35.4 Å². The molecule has 1 heterocycles. The number of carbonyl (C=O) groups excluding carboxylic acids is 1. The van der Waals surface area contributed by atoms with Gasteiger partial charge in [0.15, 0.2) is 4.34 Å². The van der Waals surface area contributed by atoms with Crippen molar-refractivity contribution in [3.8, 4) is 0 Å². The summed E-state index contributed by atoms with van der Waals surface area (Å²) in [6, 6.07) is 8.31. The summed E-state index contributed by atoms with van der Waals surface area (Å²) in [7, 11) is 0. The van der Waals surface area contributed by atoms with Crippen LogP contribution in [-0.2, 0) is 11.2 Å². The van der Waals surface area contributed by atoms with E-state index in [0.717, 1.165) is 22.1 Å². The fourth-order valence-electron chi connectivity index (χ4n) is 2.22. The lowest BCUT2D eigenvalue weighted by molar-refractivity contribution is -0.117. The molecule has 1 aromatic heterocycles. The Balaban J connectivity index is 1.98. The Kier molecular flexibility index (Phi) is 6.59. The van der Waals surface area contributed by atoms with Crippen LogP contribution in [0, 0.1) is 5.92 Å². The lowest BCUT2D eigenvalue weighted by atomic mass is 9.96. The van der Waals surface area contributed by atoms with Crippen molar-refractivity contribution in [3.63, 3.8) is 0 Å². The predicted molar refractivity (Wildman–Crippen MR) is 98.3 cm³/mol. The molecular formula is C17H23N3OS2. The number of aromatic nitrogens is 2. The Bertz CT molecular complexity index is 638. The highest BCUT2D eigenvalue weighted by Crippen LogP contribution is 2.26. The van der Waals surface area contributed by atoms with E-state index in [9.17, 15) is 4.79 Å². The monoisotopic (exact) mass is 349 g/mol. The minimum absolute atomic E-state index is 0.0502. The van der Waals surface area contributed by atoms with Gasteiger partial charge in [-0.25, -0.2) is 0 Å². The zero-order valence-electron chi connectivity index (χ0n) is 14.0. The molecule has 0 aliphatic carbocycles. The second-order valence-corrected chi connectivity index (χ2v) is 8.35. The van der Waals surface area contributed by atoms with E-state index in [1.165, 1.54) is 16.9 Å². The van der Waals surface area contributed by atoms with Crippen molar-refractivity contribution in [2.75, 3.05) is 11.1 Å². The largest absolute Gasteiger partial charge is 0.300 e. The number of amides is 1. The molecule has 0 saturated carbocycles. The van der Waals surface area contributed by atoms with Crippen molar-refractivity contribution in [1.82, 2.24) is 10.2 Å². The van der Waals surface area contributed by atoms with Gasteiger partial charge in [-0.05, 0) is 36.1 Å². The summed E-state index contributed by atoms with van der Waals surface area (Å²) in [5, 5.41) is 11.5. The van der Waals surface area contributed by atoms with Gasteiger partial charge in [-0.2, -0.15) is 0 Å². The maximum atomic E-state index is 12.4. The standard InChI is InChI=1S/C17H23N3OS2/c1-5-22-17-20-19-16(23-17)18-15(21)12(4)14-8-6-13(7-9-14)10-11(2)3/h6-9,11-12H,5,10H2,1-4H3,(H,18,19,21)/t12-/m1/s1. The molecule has 0 saturated heterocycles. The SMILES string of the molecule is CCSc1nnc(NC(=O)[C@H](C)c2ccc(CC(C)C)cc2)s1. The van der Waals surface area contributed by atoms with Crippen LogP contribution in [0.15, 0.2) is 28.6 Å². The molecule has 23 heavy (non-hydrogen) atoms. The lowest BCUT2D eigenvalue weighted by Gasteiger charge is -2.12. The van der Waals surface area contributed by atoms with E-state index in [2.05, 4.69) is 48.4 Å². The van der Waals surface area contributed by atoms with Gasteiger partial charge in [0, 0.05) is 0 Å². The third-order valence-electron chi connectivity index (χ3n) is 3.42. The molecular weight excluding hydrogens is 326 g/mol. The van der Waals surface area contributed by atoms with Crippen LogP contribution in [0.25, 0.3) is 0 Å². The van der Waals surface area contributed by atoms with Gasteiger partial charge in [-0.3, -0.25) is 10.1 Å². The maximum Gasteiger partial charge on any atom is 0.233 e. The highest BCUT2D eigenvalue weighted by molar-refractivity contribution is 8.01. The fourth-order valence-corrected chi connectivity index (χ4v) is 3.87. The summed E-state index contributed by atoms with van der Waals surface area (Å²) in [6.07, 6.45) is 1.06. The maximum absolute atomic E-state index is 12.4. The van der Waals surface area contributed by atoms with Gasteiger partial charge in [-0.15, -0.1) is 10.2 Å². The van der Waals surface area contributed by atoms with Gasteiger partial charge in [0.05, 0.1) is 5.92 Å². The molecule has 2 rings (SSSR count). The molecule has 0 unspecified atom stereocenters. The number of benzene rings is 1. The number of hydrogen-bond donors (Lipinski definition) is 1. The third-order valence-corrected chi connectivity index (χ3v) is 5.28. The van der Waals surface area contributed by atoms with E-state index >= 15 is 0 Å². The molecule has 0 fully saturated rings. The Morgan fingerprint density at radius 1 is 1.22 bits per heavy atom. The number of nitrogens with zero attached hydrogens (tertiary/aromatic N) is 2. The van der Waals surface area contributed by atoms with Gasteiger partial charge < -0.3 is 0 Å². The summed E-state index contributed by atoms with van der Waals surface area (Å²) in [6.45, 7) is 8.39. The summed E-state index contributed by atoms with van der Waals surface area (Å²) < 4.78 is 0.883. The molecule has 0 spiro atoms. The van der Waals surface area contributed by atoms with E-state index in [-0.39, 0.29) is 11.8 Å². The fraction of sp³-hybridized carbons (Fsp3) is 0.471. The number of hydrogen-bond acceptors (Lipinski definition) is 5. The second-order valence-electron chi connectivity index (χ2n) is 5.86. The molecule has 1 atom stereocenters. The smallest absolute Gasteiger partial charge is 0.233 e. The molecule has 0 bridgehead atoms. The topological polar surface area (TPSA) is 54.9 Å². The summed E-state index contributed by atoms with van der Waals surface area (Å²) in [4.78, 5) is 12.4. The van der Waals surface area contributed by atoms with Crippen LogP contribution in [0.3, 0.4) is 0 Å². The van der Waals surface area contributed by atoms with Crippen molar-refractivity contribution >= 4 is 34.1 Å². The lowest BCUT2D eigenvalue weighted by Crippen LogP contribution is -2.18. The van der Waals surface area contributed by atoms with Crippen molar-refractivity contribution in [2.24, 2.45) is 5.92 Å². The van der Waals surface area contributed by atoms with Gasteiger partial charge >= 0.3 is 0 Å². The van der Waals surface area contributed by atoms with Crippen molar-refractivity contribution in [1.29, 1.82) is 0 Å². The van der Waals surface area contributed by atoms with Crippen LogP contribution < -0.4 is 5.32 Å². The van der Waals surface area contributed by atoms with Crippen LogP contribution in [0.1, 0.15) is 44.7 Å². The van der Waals surface area contributed by atoms with Crippen LogP contribution >= 0.6 is 23.1 Å². The number of thioether (sulfide) groups is 1. The average molecular weight is 350 g/mol. The Morgan fingerprint density at radius 2 is 1.91 bits per heavy atom. The van der Waals surface area contributed by atoms with Gasteiger partial charge in [0.25, 0.3) is 0 Å². The predicted octanol–water partition coefficient (Wildman–Crippen LogP) is 4.59. The first-order valence-electron chi connectivity index (χ1n) is 7.85. The minimum atomic E-state index is -0.214. The zero-order chi connectivity index (χ0) is 16.8. The van der Waals surface area contributed by atoms with Gasteiger partial charge in [0.2, 0.25) is 11.0 Å². The molecule has 1 N–H and O–H groups in total. The molecule has 2 aromatic rings. The molecule has 1 aromatic carbocycles. The first-order valence-corrected chi connectivity index (χ1v) is 9.65. The number of nitrogens with one attached hydrogen (secondary N) is 1. The summed E-state index contributed by atoms with van der Waals surface area (Å²) >= 11 is 3.04. The quantitative estimate of drug-likeness (QED) is 0.587. The molecule has 0 radical (unpaired) electrons. The van der Waals surface area contributed by atoms with Crippen LogP contribution in [0.5, 0.6) is 0 Å². The zero-order valence-corrected chi connectivity index (χ0v) is 15.6. The molecule has 6 heteroatoms. The summed E-state index contributed by atoms with van der Waals surface area (Å²) in [5.41, 5.74) is 2.32. The second kappa shape index (κ2) is 8.45. The van der Waals surface area contributed by atoms with Gasteiger partial charge in [-0.1, -0.05) is 68.1 Å². The molecule has 0 aliphatic heterocycles. The molecule has 4 nitrogen and oxygen atoms in total. The van der Waals surface area contributed by atoms with Crippen molar-refractivity contribution < 1.29 is 4.79 Å².